The van der Waals surface area contributed by atoms with Crippen molar-refractivity contribution in [2.75, 3.05) is 13.7 Å². The van der Waals surface area contributed by atoms with Gasteiger partial charge >= 0.3 is 0 Å². The molecule has 0 radical (unpaired) electrons. The predicted molar refractivity (Wildman–Crippen MR) is 96.3 cm³/mol. The number of aryl methyl sites for hydroxylation is 1. The molecule has 0 fully saturated rings. The summed E-state index contributed by atoms with van der Waals surface area (Å²) in [5, 5.41) is 7.63. The number of sulfonamides is 1. The van der Waals surface area contributed by atoms with Crippen LogP contribution < -0.4 is 9.46 Å². The number of nitrogens with zero attached hydrogens (tertiary/aromatic N) is 2. The summed E-state index contributed by atoms with van der Waals surface area (Å²) in [6.07, 6.45) is 0.176. The fourth-order valence-corrected chi connectivity index (χ4v) is 3.61. The maximum Gasteiger partial charge on any atom is 0.250 e. The Bertz CT molecular complexity index is 1050. The van der Waals surface area contributed by atoms with Crippen molar-refractivity contribution in [2.45, 2.75) is 18.2 Å². The average Bonchev–Trinajstić information content (AvgIpc) is 3.10. The van der Waals surface area contributed by atoms with Crippen LogP contribution in [0.1, 0.15) is 11.5 Å². The third kappa shape index (κ3) is 4.32. The Balaban J connectivity index is 1.64. The van der Waals surface area contributed by atoms with Gasteiger partial charge in [-0.25, -0.2) is 17.5 Å². The van der Waals surface area contributed by atoms with E-state index in [-0.39, 0.29) is 35.2 Å². The second-order valence-electron chi connectivity index (χ2n) is 5.76. The lowest BCUT2D eigenvalue weighted by molar-refractivity contribution is 0.411. The van der Waals surface area contributed by atoms with E-state index in [0.29, 0.717) is 11.3 Å². The molecule has 3 aromatic rings. The van der Waals surface area contributed by atoms with Gasteiger partial charge in [-0.3, -0.25) is 0 Å². The van der Waals surface area contributed by atoms with E-state index in [4.69, 9.17) is 9.15 Å². The molecule has 142 valence electrons. The molecule has 1 N–H and O–H groups in total. The van der Waals surface area contributed by atoms with E-state index in [2.05, 4.69) is 14.9 Å². The molecular formula is C18H18FN3O4S. The van der Waals surface area contributed by atoms with Crippen LogP contribution in [0.15, 0.2) is 51.8 Å². The topological polar surface area (TPSA) is 94.3 Å². The Morgan fingerprint density at radius 1 is 1.19 bits per heavy atom. The molecule has 2 aromatic carbocycles. The van der Waals surface area contributed by atoms with Gasteiger partial charge in [0, 0.05) is 13.0 Å². The highest BCUT2D eigenvalue weighted by Crippen LogP contribution is 2.22. The zero-order valence-electron chi connectivity index (χ0n) is 14.8. The van der Waals surface area contributed by atoms with Crippen molar-refractivity contribution in [3.8, 4) is 17.2 Å². The molecule has 0 aliphatic rings. The molecule has 0 saturated carbocycles. The fraction of sp³-hybridized carbons (Fsp3) is 0.222. The average molecular weight is 391 g/mol. The fourth-order valence-electron chi connectivity index (χ4n) is 2.49. The highest BCUT2D eigenvalue weighted by Gasteiger charge is 2.17. The minimum atomic E-state index is -3.69. The standard InChI is InChI=1S/C18H18FN3O4S/c1-12-11-13(7-8-16(12)25-2)27(23,24)20-10-9-17-21-22-18(26-17)14-5-3-4-6-15(14)19/h3-8,11,20H,9-10H2,1-2H3. The Hall–Kier alpha value is -2.78. The molecule has 0 amide bonds. The SMILES string of the molecule is COc1ccc(S(=O)(=O)NCCc2nnc(-c3ccccc3F)o2)cc1C. The summed E-state index contributed by atoms with van der Waals surface area (Å²) in [5.41, 5.74) is 0.914. The zero-order chi connectivity index (χ0) is 19.4. The van der Waals surface area contributed by atoms with Crippen molar-refractivity contribution in [1.82, 2.24) is 14.9 Å². The first-order valence-electron chi connectivity index (χ1n) is 8.12. The highest BCUT2D eigenvalue weighted by atomic mass is 32.2. The summed E-state index contributed by atoms with van der Waals surface area (Å²) in [4.78, 5) is 0.137. The first-order valence-corrected chi connectivity index (χ1v) is 9.60. The van der Waals surface area contributed by atoms with Crippen LogP contribution in [0.4, 0.5) is 4.39 Å². The molecule has 3 rings (SSSR count). The molecule has 1 aromatic heterocycles. The van der Waals surface area contributed by atoms with E-state index in [0.717, 1.165) is 0 Å². The maximum absolute atomic E-state index is 13.7. The second kappa shape index (κ2) is 7.85. The maximum atomic E-state index is 13.7. The second-order valence-corrected chi connectivity index (χ2v) is 7.53. The van der Waals surface area contributed by atoms with Gasteiger partial charge in [0.25, 0.3) is 5.89 Å². The normalized spacial score (nSPS) is 11.5. The van der Waals surface area contributed by atoms with Crippen molar-refractivity contribution >= 4 is 10.0 Å². The van der Waals surface area contributed by atoms with Gasteiger partial charge in [-0.1, -0.05) is 12.1 Å². The summed E-state index contributed by atoms with van der Waals surface area (Å²) in [5.74, 6) is 0.405. The quantitative estimate of drug-likeness (QED) is 0.666. The van der Waals surface area contributed by atoms with Crippen LogP contribution in [0.3, 0.4) is 0 Å². The minimum absolute atomic E-state index is 0.0525. The van der Waals surface area contributed by atoms with Crippen molar-refractivity contribution in [2.24, 2.45) is 0 Å². The molecule has 0 saturated heterocycles. The number of nitrogens with one attached hydrogen (secondary N) is 1. The number of aromatic nitrogens is 2. The molecule has 0 bridgehead atoms. The Labute approximate surface area is 156 Å². The highest BCUT2D eigenvalue weighted by molar-refractivity contribution is 7.89. The van der Waals surface area contributed by atoms with Crippen LogP contribution in [-0.2, 0) is 16.4 Å². The molecule has 1 heterocycles. The molecule has 0 aliphatic carbocycles. The lowest BCUT2D eigenvalue weighted by Crippen LogP contribution is -2.26. The molecule has 9 heteroatoms. The number of rotatable bonds is 7. The van der Waals surface area contributed by atoms with Crippen molar-refractivity contribution < 1.29 is 22.0 Å². The van der Waals surface area contributed by atoms with Gasteiger partial charge in [-0.15, -0.1) is 10.2 Å². The smallest absolute Gasteiger partial charge is 0.250 e. The molecular weight excluding hydrogens is 373 g/mol. The Morgan fingerprint density at radius 3 is 2.67 bits per heavy atom. The molecule has 27 heavy (non-hydrogen) atoms. The largest absolute Gasteiger partial charge is 0.496 e. The number of ether oxygens (including phenoxy) is 1. The lowest BCUT2D eigenvalue weighted by Gasteiger charge is -2.09. The van der Waals surface area contributed by atoms with Crippen LogP contribution in [-0.4, -0.2) is 32.3 Å². The van der Waals surface area contributed by atoms with Gasteiger partial charge in [0.1, 0.15) is 11.6 Å². The van der Waals surface area contributed by atoms with Crippen LogP contribution in [0.25, 0.3) is 11.5 Å². The lowest BCUT2D eigenvalue weighted by atomic mass is 10.2. The first kappa shape index (κ1) is 19.0. The predicted octanol–water partition coefficient (Wildman–Crippen LogP) is 2.71. The monoisotopic (exact) mass is 391 g/mol. The number of hydrogen-bond donors (Lipinski definition) is 1. The summed E-state index contributed by atoms with van der Waals surface area (Å²) >= 11 is 0. The molecule has 0 aliphatic heterocycles. The van der Waals surface area contributed by atoms with E-state index >= 15 is 0 Å². The number of halogens is 1. The first-order chi connectivity index (χ1) is 12.9. The number of hydrogen-bond acceptors (Lipinski definition) is 6. The van der Waals surface area contributed by atoms with E-state index in [1.165, 1.54) is 31.4 Å². The third-order valence-electron chi connectivity index (χ3n) is 3.88. The van der Waals surface area contributed by atoms with Gasteiger partial charge in [0.2, 0.25) is 15.9 Å². The van der Waals surface area contributed by atoms with Gasteiger partial charge in [-0.2, -0.15) is 0 Å². The van der Waals surface area contributed by atoms with Crippen LogP contribution in [0.5, 0.6) is 5.75 Å². The van der Waals surface area contributed by atoms with Crippen LogP contribution in [0.2, 0.25) is 0 Å². The van der Waals surface area contributed by atoms with Crippen molar-refractivity contribution in [3.63, 3.8) is 0 Å². The van der Waals surface area contributed by atoms with E-state index in [1.807, 2.05) is 0 Å². The van der Waals surface area contributed by atoms with Crippen molar-refractivity contribution in [1.29, 1.82) is 0 Å². The van der Waals surface area contributed by atoms with Gasteiger partial charge in [-0.05, 0) is 42.8 Å². The summed E-state index contributed by atoms with van der Waals surface area (Å²) in [7, 11) is -2.16. The number of benzene rings is 2. The van der Waals surface area contributed by atoms with Gasteiger partial charge in [0.05, 0.1) is 17.6 Å². The third-order valence-corrected chi connectivity index (χ3v) is 5.34. The van der Waals surface area contributed by atoms with Crippen LogP contribution >= 0.6 is 0 Å². The molecule has 0 atom stereocenters. The van der Waals surface area contributed by atoms with Gasteiger partial charge in [0.15, 0.2) is 0 Å². The van der Waals surface area contributed by atoms with Crippen molar-refractivity contribution in [3.05, 3.63) is 59.7 Å². The summed E-state index contributed by atoms with van der Waals surface area (Å²) in [6, 6.07) is 10.6. The molecule has 7 nitrogen and oxygen atoms in total. The van der Waals surface area contributed by atoms with Crippen LogP contribution in [0, 0.1) is 12.7 Å². The van der Waals surface area contributed by atoms with E-state index in [9.17, 15) is 12.8 Å². The molecule has 0 unspecified atom stereocenters. The zero-order valence-corrected chi connectivity index (χ0v) is 15.6. The Morgan fingerprint density at radius 2 is 1.96 bits per heavy atom. The number of methoxy groups -OCH3 is 1. The minimum Gasteiger partial charge on any atom is -0.496 e. The van der Waals surface area contributed by atoms with E-state index < -0.39 is 15.8 Å². The molecule has 0 spiro atoms. The van der Waals surface area contributed by atoms with Gasteiger partial charge < -0.3 is 9.15 Å². The van der Waals surface area contributed by atoms with E-state index in [1.54, 1.807) is 25.1 Å². The summed E-state index contributed by atoms with van der Waals surface area (Å²) in [6.45, 7) is 1.83. The summed E-state index contributed by atoms with van der Waals surface area (Å²) < 4.78 is 51.5. The Kier molecular flexibility index (Phi) is 5.52.